The molecular weight excluding hydrogens is 336 g/mol. The molecular formula is C17H18N6OS. The van der Waals surface area contributed by atoms with Gasteiger partial charge in [-0.3, -0.25) is 4.98 Å². The van der Waals surface area contributed by atoms with Crippen LogP contribution in [0.5, 0.6) is 0 Å². The zero-order valence-electron chi connectivity index (χ0n) is 13.6. The van der Waals surface area contributed by atoms with E-state index >= 15 is 0 Å². The van der Waals surface area contributed by atoms with Gasteiger partial charge in [0.05, 0.1) is 5.69 Å². The summed E-state index contributed by atoms with van der Waals surface area (Å²) in [6, 6.07) is 11.4. The molecule has 1 N–H and O–H groups in total. The number of aliphatic hydroxyl groups is 1. The Labute approximate surface area is 149 Å². The zero-order chi connectivity index (χ0) is 17.1. The minimum Gasteiger partial charge on any atom is -0.379 e. The van der Waals surface area contributed by atoms with E-state index in [0.29, 0.717) is 11.5 Å². The van der Waals surface area contributed by atoms with Crippen LogP contribution < -0.4 is 9.80 Å². The molecule has 8 heteroatoms. The molecule has 1 aliphatic rings. The molecule has 0 radical (unpaired) electrons. The van der Waals surface area contributed by atoms with Crippen molar-refractivity contribution in [1.29, 1.82) is 0 Å². The fraction of sp³-hybridized carbons (Fsp3) is 0.294. The molecule has 4 heterocycles. The summed E-state index contributed by atoms with van der Waals surface area (Å²) >= 11 is 1.32. The smallest absolute Gasteiger partial charge is 0.205 e. The van der Waals surface area contributed by atoms with E-state index in [1.54, 1.807) is 12.3 Å². The lowest BCUT2D eigenvalue weighted by atomic mass is 10.2. The Morgan fingerprint density at radius 3 is 2.32 bits per heavy atom. The van der Waals surface area contributed by atoms with Crippen molar-refractivity contribution in [1.82, 2.24) is 19.3 Å². The Bertz CT molecular complexity index is 804. The van der Waals surface area contributed by atoms with Crippen LogP contribution in [0.1, 0.15) is 17.6 Å². The van der Waals surface area contributed by atoms with E-state index in [1.165, 1.54) is 11.5 Å². The van der Waals surface area contributed by atoms with E-state index < -0.39 is 6.10 Å². The monoisotopic (exact) mass is 354 g/mol. The zero-order valence-corrected chi connectivity index (χ0v) is 14.4. The fourth-order valence-electron chi connectivity index (χ4n) is 2.80. The number of piperazine rings is 1. The van der Waals surface area contributed by atoms with Crippen LogP contribution in [0.3, 0.4) is 0 Å². The van der Waals surface area contributed by atoms with Gasteiger partial charge in [-0.05, 0) is 24.3 Å². The van der Waals surface area contributed by atoms with E-state index in [1.807, 2.05) is 36.5 Å². The van der Waals surface area contributed by atoms with Crippen molar-refractivity contribution in [3.63, 3.8) is 0 Å². The van der Waals surface area contributed by atoms with Crippen molar-refractivity contribution in [2.75, 3.05) is 36.0 Å². The Morgan fingerprint density at radius 1 is 0.920 bits per heavy atom. The molecule has 0 spiro atoms. The summed E-state index contributed by atoms with van der Waals surface area (Å²) in [7, 11) is 0. The second-order valence-corrected chi connectivity index (χ2v) is 6.48. The van der Waals surface area contributed by atoms with Crippen LogP contribution >= 0.6 is 11.5 Å². The number of nitrogens with zero attached hydrogens (tertiary/aromatic N) is 6. The topological polar surface area (TPSA) is 78.3 Å². The molecule has 3 aromatic rings. The molecule has 1 unspecified atom stereocenters. The van der Waals surface area contributed by atoms with Crippen molar-refractivity contribution >= 4 is 22.5 Å². The molecule has 128 valence electrons. The van der Waals surface area contributed by atoms with Crippen molar-refractivity contribution in [3.05, 3.63) is 60.3 Å². The third-order valence-electron chi connectivity index (χ3n) is 4.17. The normalized spacial score (nSPS) is 16.0. The van der Waals surface area contributed by atoms with Crippen molar-refractivity contribution in [3.8, 4) is 0 Å². The van der Waals surface area contributed by atoms with E-state index in [2.05, 4.69) is 29.1 Å². The molecule has 0 aliphatic carbocycles. The van der Waals surface area contributed by atoms with Crippen molar-refractivity contribution in [2.24, 2.45) is 0 Å². The van der Waals surface area contributed by atoms with Crippen LogP contribution in [0, 0.1) is 0 Å². The number of aliphatic hydroxyl groups excluding tert-OH is 1. The van der Waals surface area contributed by atoms with Crippen LogP contribution in [0.2, 0.25) is 0 Å². The SMILES string of the molecule is OC(c1ccccn1)c1nsc(N2CCN(c3ccccn3)CC2)n1. The number of pyridine rings is 2. The molecule has 7 nitrogen and oxygen atoms in total. The lowest BCUT2D eigenvalue weighted by Gasteiger charge is -2.34. The van der Waals surface area contributed by atoms with Crippen LogP contribution in [0.25, 0.3) is 0 Å². The highest BCUT2D eigenvalue weighted by Gasteiger charge is 2.23. The first-order chi connectivity index (χ1) is 12.3. The molecule has 3 aromatic heterocycles. The number of hydrogen-bond acceptors (Lipinski definition) is 8. The highest BCUT2D eigenvalue weighted by atomic mass is 32.1. The van der Waals surface area contributed by atoms with Gasteiger partial charge in [-0.1, -0.05) is 12.1 Å². The van der Waals surface area contributed by atoms with Gasteiger partial charge >= 0.3 is 0 Å². The molecule has 1 saturated heterocycles. The molecule has 1 fully saturated rings. The molecule has 0 aromatic carbocycles. The predicted octanol–water partition coefficient (Wildman–Crippen LogP) is 1.74. The Hall–Kier alpha value is -2.58. The highest BCUT2D eigenvalue weighted by Crippen LogP contribution is 2.25. The van der Waals surface area contributed by atoms with Crippen molar-refractivity contribution < 1.29 is 5.11 Å². The van der Waals surface area contributed by atoms with Crippen molar-refractivity contribution in [2.45, 2.75) is 6.10 Å². The van der Waals surface area contributed by atoms with E-state index in [-0.39, 0.29) is 0 Å². The van der Waals surface area contributed by atoms with Gasteiger partial charge < -0.3 is 14.9 Å². The van der Waals surface area contributed by atoms with Gasteiger partial charge in [-0.2, -0.15) is 4.37 Å². The summed E-state index contributed by atoms with van der Waals surface area (Å²) in [6.07, 6.45) is 2.58. The average molecular weight is 354 g/mol. The van der Waals surface area contributed by atoms with Crippen LogP contribution in [-0.4, -0.2) is 50.6 Å². The largest absolute Gasteiger partial charge is 0.379 e. The Kier molecular flexibility index (Phi) is 4.53. The maximum absolute atomic E-state index is 10.4. The molecule has 1 aliphatic heterocycles. The van der Waals surface area contributed by atoms with Gasteiger partial charge in [0.15, 0.2) is 11.9 Å². The van der Waals surface area contributed by atoms with Gasteiger partial charge in [0.1, 0.15) is 5.82 Å². The minimum atomic E-state index is -0.888. The first-order valence-electron chi connectivity index (χ1n) is 8.15. The molecule has 0 amide bonds. The van der Waals surface area contributed by atoms with Crippen LogP contribution in [0.4, 0.5) is 10.9 Å². The summed E-state index contributed by atoms with van der Waals surface area (Å²) in [6.45, 7) is 3.47. The Balaban J connectivity index is 1.42. The molecule has 4 rings (SSSR count). The predicted molar refractivity (Wildman–Crippen MR) is 96.9 cm³/mol. The third kappa shape index (κ3) is 3.45. The maximum Gasteiger partial charge on any atom is 0.205 e. The third-order valence-corrected chi connectivity index (χ3v) is 4.96. The highest BCUT2D eigenvalue weighted by molar-refractivity contribution is 7.09. The minimum absolute atomic E-state index is 0.408. The molecule has 0 saturated carbocycles. The van der Waals surface area contributed by atoms with Crippen LogP contribution in [-0.2, 0) is 0 Å². The molecule has 25 heavy (non-hydrogen) atoms. The fourth-order valence-corrected chi connectivity index (χ4v) is 3.55. The number of anilines is 2. The Morgan fingerprint density at radius 2 is 1.64 bits per heavy atom. The summed E-state index contributed by atoms with van der Waals surface area (Å²) in [5.74, 6) is 1.41. The van der Waals surface area contributed by atoms with Crippen LogP contribution in [0.15, 0.2) is 48.8 Å². The van der Waals surface area contributed by atoms with E-state index in [0.717, 1.165) is 37.1 Å². The second kappa shape index (κ2) is 7.12. The number of hydrogen-bond donors (Lipinski definition) is 1. The molecule has 1 atom stereocenters. The summed E-state index contributed by atoms with van der Waals surface area (Å²) in [4.78, 5) is 17.6. The molecule has 0 bridgehead atoms. The number of rotatable bonds is 4. The lowest BCUT2D eigenvalue weighted by Crippen LogP contribution is -2.46. The number of aromatic nitrogens is 4. The van der Waals surface area contributed by atoms with Gasteiger partial charge in [-0.15, -0.1) is 0 Å². The quantitative estimate of drug-likeness (QED) is 0.764. The van der Waals surface area contributed by atoms with Gasteiger partial charge in [0.2, 0.25) is 5.13 Å². The van der Waals surface area contributed by atoms with Gasteiger partial charge in [0.25, 0.3) is 0 Å². The average Bonchev–Trinajstić information content (AvgIpc) is 3.19. The van der Waals surface area contributed by atoms with Gasteiger partial charge in [-0.25, -0.2) is 9.97 Å². The summed E-state index contributed by atoms with van der Waals surface area (Å²) in [5.41, 5.74) is 0.562. The second-order valence-electron chi connectivity index (χ2n) is 5.75. The van der Waals surface area contributed by atoms with Gasteiger partial charge in [0, 0.05) is 50.1 Å². The van der Waals surface area contributed by atoms with E-state index in [9.17, 15) is 5.11 Å². The summed E-state index contributed by atoms with van der Waals surface area (Å²) in [5, 5.41) is 11.2. The standard InChI is InChI=1S/C17H18N6OS/c24-15(13-5-1-3-7-18-13)16-20-17(25-21-16)23-11-9-22(10-12-23)14-6-2-4-8-19-14/h1-8,15,24H,9-12H2. The first-order valence-corrected chi connectivity index (χ1v) is 8.92. The summed E-state index contributed by atoms with van der Waals surface area (Å²) < 4.78 is 4.32. The first kappa shape index (κ1) is 15.9. The maximum atomic E-state index is 10.4. The lowest BCUT2D eigenvalue weighted by molar-refractivity contribution is 0.206. The van der Waals surface area contributed by atoms with E-state index in [4.69, 9.17) is 0 Å².